The van der Waals surface area contributed by atoms with Gasteiger partial charge in [-0.15, -0.1) is 0 Å². The SMILES string of the molecule is Brc1ccc(/C=N/OC2OCCc3ccccc32)cc1. The van der Waals surface area contributed by atoms with E-state index in [2.05, 4.69) is 27.2 Å². The number of nitrogens with zero attached hydrogens (tertiary/aromatic N) is 1. The van der Waals surface area contributed by atoms with Crippen LogP contribution in [0.2, 0.25) is 0 Å². The maximum Gasteiger partial charge on any atom is 0.253 e. The second-order valence-corrected chi connectivity index (χ2v) is 5.46. The highest BCUT2D eigenvalue weighted by Crippen LogP contribution is 2.27. The second-order valence-electron chi connectivity index (χ2n) is 4.54. The van der Waals surface area contributed by atoms with Gasteiger partial charge in [0.05, 0.1) is 12.8 Å². The summed E-state index contributed by atoms with van der Waals surface area (Å²) in [5.41, 5.74) is 3.31. The number of ether oxygens (including phenoxy) is 1. The van der Waals surface area contributed by atoms with E-state index >= 15 is 0 Å². The Labute approximate surface area is 126 Å². The van der Waals surface area contributed by atoms with Gasteiger partial charge in [-0.25, -0.2) is 0 Å². The van der Waals surface area contributed by atoms with Gasteiger partial charge in [0.25, 0.3) is 6.29 Å². The zero-order chi connectivity index (χ0) is 13.8. The number of hydrogen-bond acceptors (Lipinski definition) is 3. The van der Waals surface area contributed by atoms with E-state index in [1.165, 1.54) is 5.56 Å². The molecule has 3 rings (SSSR count). The van der Waals surface area contributed by atoms with Gasteiger partial charge in [0.15, 0.2) is 0 Å². The summed E-state index contributed by atoms with van der Waals surface area (Å²) in [5, 5.41) is 4.03. The predicted octanol–water partition coefficient (Wildman–Crippen LogP) is 4.07. The lowest BCUT2D eigenvalue weighted by molar-refractivity contribution is -0.152. The van der Waals surface area contributed by atoms with Crippen LogP contribution in [0.15, 0.2) is 58.2 Å². The highest BCUT2D eigenvalue weighted by molar-refractivity contribution is 9.10. The summed E-state index contributed by atoms with van der Waals surface area (Å²) < 4.78 is 6.66. The molecule has 1 atom stereocenters. The molecule has 0 fully saturated rings. The van der Waals surface area contributed by atoms with Crippen LogP contribution in [0, 0.1) is 0 Å². The van der Waals surface area contributed by atoms with Gasteiger partial charge in [-0.2, -0.15) is 0 Å². The number of rotatable bonds is 3. The first-order chi connectivity index (χ1) is 9.83. The van der Waals surface area contributed by atoms with E-state index in [1.54, 1.807) is 6.21 Å². The molecule has 1 aliphatic heterocycles. The Balaban J connectivity index is 1.69. The van der Waals surface area contributed by atoms with Crippen LogP contribution in [-0.4, -0.2) is 12.8 Å². The Morgan fingerprint density at radius 1 is 1.15 bits per heavy atom. The molecule has 0 amide bonds. The summed E-state index contributed by atoms with van der Waals surface area (Å²) in [4.78, 5) is 5.48. The van der Waals surface area contributed by atoms with Gasteiger partial charge in [0, 0.05) is 10.0 Å². The largest absolute Gasteiger partial charge is 0.358 e. The van der Waals surface area contributed by atoms with E-state index in [0.29, 0.717) is 6.61 Å². The lowest BCUT2D eigenvalue weighted by Gasteiger charge is -2.23. The molecule has 0 N–H and O–H groups in total. The van der Waals surface area contributed by atoms with Crippen molar-refractivity contribution in [2.75, 3.05) is 6.61 Å². The van der Waals surface area contributed by atoms with Crippen LogP contribution >= 0.6 is 15.9 Å². The van der Waals surface area contributed by atoms with Gasteiger partial charge in [0.2, 0.25) is 0 Å². The second kappa shape index (κ2) is 6.20. The van der Waals surface area contributed by atoms with E-state index < -0.39 is 6.29 Å². The van der Waals surface area contributed by atoms with Crippen LogP contribution in [0.4, 0.5) is 0 Å². The Kier molecular flexibility index (Phi) is 4.14. The first-order valence-corrected chi connectivity index (χ1v) is 7.26. The molecular weight excluding hydrogens is 318 g/mol. The standard InChI is InChI=1S/C16H14BrNO2/c17-14-7-5-12(6-8-14)11-18-20-16-15-4-2-1-3-13(15)9-10-19-16/h1-8,11,16H,9-10H2/b18-11+. The molecule has 0 aliphatic carbocycles. The van der Waals surface area contributed by atoms with Gasteiger partial charge in [0.1, 0.15) is 0 Å². The highest BCUT2D eigenvalue weighted by Gasteiger charge is 2.21. The minimum Gasteiger partial charge on any atom is -0.358 e. The van der Waals surface area contributed by atoms with E-state index in [9.17, 15) is 0 Å². The molecule has 0 saturated heterocycles. The molecule has 2 aromatic carbocycles. The van der Waals surface area contributed by atoms with Crippen LogP contribution in [0.5, 0.6) is 0 Å². The third-order valence-electron chi connectivity index (χ3n) is 3.18. The zero-order valence-electron chi connectivity index (χ0n) is 10.8. The highest BCUT2D eigenvalue weighted by atomic mass is 79.9. The lowest BCUT2D eigenvalue weighted by atomic mass is 10.0. The first kappa shape index (κ1) is 13.3. The molecule has 0 aromatic heterocycles. The van der Waals surface area contributed by atoms with E-state index in [1.807, 2.05) is 42.5 Å². The van der Waals surface area contributed by atoms with E-state index in [-0.39, 0.29) is 0 Å². The van der Waals surface area contributed by atoms with Gasteiger partial charge in [-0.3, -0.25) is 0 Å². The number of hydrogen-bond donors (Lipinski definition) is 0. The number of benzene rings is 2. The first-order valence-electron chi connectivity index (χ1n) is 6.47. The quantitative estimate of drug-likeness (QED) is 0.627. The molecular formula is C16H14BrNO2. The molecule has 1 unspecified atom stereocenters. The molecule has 0 bridgehead atoms. The smallest absolute Gasteiger partial charge is 0.253 e. The minimum absolute atomic E-state index is 0.411. The van der Waals surface area contributed by atoms with Crippen molar-refractivity contribution in [2.24, 2.45) is 5.16 Å². The van der Waals surface area contributed by atoms with E-state index in [0.717, 1.165) is 22.0 Å². The molecule has 20 heavy (non-hydrogen) atoms. The average Bonchev–Trinajstić information content (AvgIpc) is 2.49. The summed E-state index contributed by atoms with van der Waals surface area (Å²) in [6.45, 7) is 0.662. The average molecular weight is 332 g/mol. The summed E-state index contributed by atoms with van der Waals surface area (Å²) in [6.07, 6.45) is 2.20. The number of oxime groups is 1. The fourth-order valence-corrected chi connectivity index (χ4v) is 2.40. The fourth-order valence-electron chi connectivity index (χ4n) is 2.14. The van der Waals surface area contributed by atoms with Crippen molar-refractivity contribution in [3.63, 3.8) is 0 Å². The fraction of sp³-hybridized carbons (Fsp3) is 0.188. The number of fused-ring (bicyclic) bond motifs is 1. The van der Waals surface area contributed by atoms with Crippen molar-refractivity contribution in [1.29, 1.82) is 0 Å². The Morgan fingerprint density at radius 3 is 2.80 bits per heavy atom. The predicted molar refractivity (Wildman–Crippen MR) is 81.7 cm³/mol. The summed E-state index contributed by atoms with van der Waals surface area (Å²) in [7, 11) is 0. The molecule has 0 saturated carbocycles. The van der Waals surface area contributed by atoms with Crippen LogP contribution < -0.4 is 0 Å². The van der Waals surface area contributed by atoms with Gasteiger partial charge >= 0.3 is 0 Å². The van der Waals surface area contributed by atoms with Gasteiger partial charge in [-0.05, 0) is 29.7 Å². The lowest BCUT2D eigenvalue weighted by Crippen LogP contribution is -2.17. The summed E-state index contributed by atoms with van der Waals surface area (Å²) in [5.74, 6) is 0. The maximum atomic E-state index is 5.62. The van der Waals surface area contributed by atoms with E-state index in [4.69, 9.17) is 9.57 Å². The Bertz CT molecular complexity index is 610. The molecule has 2 aromatic rings. The Morgan fingerprint density at radius 2 is 1.95 bits per heavy atom. The monoisotopic (exact) mass is 331 g/mol. The topological polar surface area (TPSA) is 30.8 Å². The zero-order valence-corrected chi connectivity index (χ0v) is 12.4. The minimum atomic E-state index is -0.411. The van der Waals surface area contributed by atoms with Crippen molar-refractivity contribution in [1.82, 2.24) is 0 Å². The van der Waals surface area contributed by atoms with Gasteiger partial charge < -0.3 is 9.57 Å². The summed E-state index contributed by atoms with van der Waals surface area (Å²) >= 11 is 3.40. The summed E-state index contributed by atoms with van der Waals surface area (Å²) in [6, 6.07) is 16.0. The van der Waals surface area contributed by atoms with Gasteiger partial charge in [-0.1, -0.05) is 57.5 Å². The van der Waals surface area contributed by atoms with Crippen molar-refractivity contribution >= 4 is 22.1 Å². The molecule has 102 valence electrons. The van der Waals surface area contributed by atoms with Crippen LogP contribution in [-0.2, 0) is 16.0 Å². The molecule has 1 aliphatic rings. The normalized spacial score (nSPS) is 17.9. The van der Waals surface area contributed by atoms with Crippen molar-refractivity contribution in [3.8, 4) is 0 Å². The van der Waals surface area contributed by atoms with Crippen LogP contribution in [0.1, 0.15) is 23.0 Å². The molecule has 4 heteroatoms. The van der Waals surface area contributed by atoms with Crippen molar-refractivity contribution in [3.05, 3.63) is 69.7 Å². The molecule has 1 heterocycles. The number of halogens is 1. The molecule has 0 radical (unpaired) electrons. The molecule has 0 spiro atoms. The van der Waals surface area contributed by atoms with Crippen molar-refractivity contribution < 1.29 is 9.57 Å². The third kappa shape index (κ3) is 3.08. The molecule has 3 nitrogen and oxygen atoms in total. The maximum absolute atomic E-state index is 5.62. The van der Waals surface area contributed by atoms with Crippen LogP contribution in [0.3, 0.4) is 0 Å². The van der Waals surface area contributed by atoms with Crippen molar-refractivity contribution in [2.45, 2.75) is 12.7 Å². The Hall–Kier alpha value is -1.65. The van der Waals surface area contributed by atoms with Crippen LogP contribution in [0.25, 0.3) is 0 Å². The third-order valence-corrected chi connectivity index (χ3v) is 3.71.